The largest absolute Gasteiger partial charge is 0.321 e. The lowest BCUT2D eigenvalue weighted by molar-refractivity contribution is 0.0977. The van der Waals surface area contributed by atoms with E-state index in [-0.39, 0.29) is 39.3 Å². The summed E-state index contributed by atoms with van der Waals surface area (Å²) >= 11 is 0. The highest BCUT2D eigenvalue weighted by Crippen LogP contribution is 2.42. The van der Waals surface area contributed by atoms with Gasteiger partial charge in [-0.3, -0.25) is 24.0 Å². The molecular weight excluding hydrogens is 542 g/mol. The Morgan fingerprint density at radius 2 is 0.791 bits per heavy atom. The molecule has 0 saturated heterocycles. The molecule has 0 unspecified atom stereocenters. The van der Waals surface area contributed by atoms with E-state index >= 15 is 0 Å². The molecule has 8 nitrogen and oxygen atoms in total. The number of carbonyl (C=O) groups excluding carboxylic acids is 5. The molecule has 0 radical (unpaired) electrons. The Bertz CT molecular complexity index is 1920. The molecule has 0 spiro atoms. The van der Waals surface area contributed by atoms with Crippen LogP contribution in [0.4, 0.5) is 17.1 Å². The predicted octanol–water partition coefficient (Wildman–Crippen LogP) is 6.22. The van der Waals surface area contributed by atoms with Crippen molar-refractivity contribution in [3.05, 3.63) is 160 Å². The van der Waals surface area contributed by atoms with Crippen molar-refractivity contribution < 1.29 is 24.0 Å². The van der Waals surface area contributed by atoms with E-state index in [9.17, 15) is 24.0 Å². The average molecular weight is 566 g/mol. The fraction of sp³-hybridized carbons (Fsp3) is 0. The normalized spacial score (nSPS) is 11.6. The zero-order chi connectivity index (χ0) is 29.9. The Morgan fingerprint density at radius 3 is 1.26 bits per heavy atom. The van der Waals surface area contributed by atoms with Crippen molar-refractivity contribution in [1.82, 2.24) is 0 Å². The summed E-state index contributed by atoms with van der Waals surface area (Å²) < 4.78 is 0. The van der Waals surface area contributed by atoms with Crippen molar-refractivity contribution in [1.29, 1.82) is 0 Å². The van der Waals surface area contributed by atoms with Gasteiger partial charge in [0.25, 0.3) is 17.7 Å². The first-order valence-electron chi connectivity index (χ1n) is 13.4. The highest BCUT2D eigenvalue weighted by molar-refractivity contribution is 6.34. The van der Waals surface area contributed by atoms with Crippen LogP contribution in [0.1, 0.15) is 62.9 Å². The standard InChI is InChI=1S/C35H23N3O5/c39-31-24-18-10-11-19-25(24)32(40)29-28(31)26(36-33(41)21-12-4-1-5-13-21)20-27(37-34(42)22-14-6-2-7-15-22)30(29)38-35(43)23-16-8-3-9-17-23/h1-20H,(H,36,41)(H,37,42)(H,38,43). The van der Waals surface area contributed by atoms with Gasteiger partial charge in [0.05, 0.1) is 28.2 Å². The van der Waals surface area contributed by atoms with Crippen LogP contribution < -0.4 is 16.0 Å². The van der Waals surface area contributed by atoms with E-state index in [0.29, 0.717) is 16.7 Å². The van der Waals surface area contributed by atoms with Crippen molar-refractivity contribution >= 4 is 46.4 Å². The summed E-state index contributed by atoms with van der Waals surface area (Å²) in [5, 5.41) is 8.30. The topological polar surface area (TPSA) is 121 Å². The maximum atomic E-state index is 14.1. The predicted molar refractivity (Wildman–Crippen MR) is 163 cm³/mol. The maximum Gasteiger partial charge on any atom is 0.255 e. The molecule has 43 heavy (non-hydrogen) atoms. The second kappa shape index (κ2) is 11.4. The molecule has 0 atom stereocenters. The minimum absolute atomic E-state index is 0.0118. The van der Waals surface area contributed by atoms with Crippen LogP contribution in [0.15, 0.2) is 121 Å². The molecule has 1 aliphatic carbocycles. The summed E-state index contributed by atoms with van der Waals surface area (Å²) in [6.07, 6.45) is 0. The first kappa shape index (κ1) is 27.0. The van der Waals surface area contributed by atoms with Crippen molar-refractivity contribution in [2.45, 2.75) is 0 Å². The molecule has 3 amide bonds. The number of amides is 3. The molecule has 1 aliphatic rings. The highest BCUT2D eigenvalue weighted by atomic mass is 16.2. The Hall–Kier alpha value is -6.15. The molecular formula is C35H23N3O5. The van der Waals surface area contributed by atoms with Crippen molar-refractivity contribution in [2.24, 2.45) is 0 Å². The van der Waals surface area contributed by atoms with Gasteiger partial charge >= 0.3 is 0 Å². The molecule has 6 rings (SSSR count). The summed E-state index contributed by atoms with van der Waals surface area (Å²) in [5.74, 6) is -2.66. The van der Waals surface area contributed by atoms with Crippen molar-refractivity contribution in [3.8, 4) is 0 Å². The molecule has 208 valence electrons. The van der Waals surface area contributed by atoms with Crippen LogP contribution in [0.2, 0.25) is 0 Å². The van der Waals surface area contributed by atoms with Gasteiger partial charge in [-0.15, -0.1) is 0 Å². The van der Waals surface area contributed by atoms with Gasteiger partial charge in [0.2, 0.25) is 0 Å². The number of hydrogen-bond donors (Lipinski definition) is 3. The zero-order valence-corrected chi connectivity index (χ0v) is 22.6. The lowest BCUT2D eigenvalue weighted by Gasteiger charge is -2.26. The summed E-state index contributed by atoms with van der Waals surface area (Å²) in [7, 11) is 0. The molecule has 8 heteroatoms. The number of anilines is 3. The monoisotopic (exact) mass is 565 g/mol. The van der Waals surface area contributed by atoms with Crippen molar-refractivity contribution in [2.75, 3.05) is 16.0 Å². The quantitative estimate of drug-likeness (QED) is 0.221. The highest BCUT2D eigenvalue weighted by Gasteiger charge is 2.36. The third-order valence-electron chi connectivity index (χ3n) is 7.04. The van der Waals surface area contributed by atoms with Crippen LogP contribution in [-0.2, 0) is 0 Å². The molecule has 5 aromatic carbocycles. The van der Waals surface area contributed by atoms with Gasteiger partial charge in [0, 0.05) is 27.8 Å². The SMILES string of the molecule is O=C(Nc1cc(NC(=O)c2ccccc2)c2c(c1NC(=O)c1ccccc1)C(=O)c1ccccc1C2=O)c1ccccc1. The van der Waals surface area contributed by atoms with E-state index in [1.165, 1.54) is 18.2 Å². The fourth-order valence-electron chi connectivity index (χ4n) is 4.96. The minimum Gasteiger partial charge on any atom is -0.321 e. The molecule has 0 aliphatic heterocycles. The van der Waals surface area contributed by atoms with E-state index < -0.39 is 29.3 Å². The molecule has 0 fully saturated rings. The molecule has 5 aromatic rings. The lowest BCUT2D eigenvalue weighted by atomic mass is 9.81. The van der Waals surface area contributed by atoms with Gasteiger partial charge in [0.1, 0.15) is 0 Å². The minimum atomic E-state index is -0.557. The summed E-state index contributed by atoms with van der Waals surface area (Å²) in [4.78, 5) is 68.0. The van der Waals surface area contributed by atoms with Gasteiger partial charge < -0.3 is 16.0 Å². The van der Waals surface area contributed by atoms with E-state index in [0.717, 1.165) is 0 Å². The molecule has 3 N–H and O–H groups in total. The number of hydrogen-bond acceptors (Lipinski definition) is 5. The van der Waals surface area contributed by atoms with E-state index in [4.69, 9.17) is 0 Å². The first-order valence-corrected chi connectivity index (χ1v) is 13.4. The molecule has 0 saturated carbocycles. The van der Waals surface area contributed by atoms with E-state index in [2.05, 4.69) is 16.0 Å². The van der Waals surface area contributed by atoms with Crippen LogP contribution in [0.3, 0.4) is 0 Å². The summed E-state index contributed by atoms with van der Waals surface area (Å²) in [6.45, 7) is 0. The smallest absolute Gasteiger partial charge is 0.255 e. The van der Waals surface area contributed by atoms with Gasteiger partial charge in [-0.25, -0.2) is 0 Å². The number of benzene rings is 5. The first-order chi connectivity index (χ1) is 20.9. The summed E-state index contributed by atoms with van der Waals surface area (Å²) in [5.41, 5.74) is 1.01. The second-order valence-electron chi connectivity index (χ2n) is 9.76. The molecule has 0 bridgehead atoms. The Morgan fingerprint density at radius 1 is 0.419 bits per heavy atom. The van der Waals surface area contributed by atoms with E-state index in [1.807, 2.05) is 0 Å². The fourth-order valence-corrected chi connectivity index (χ4v) is 4.96. The average Bonchev–Trinajstić information content (AvgIpc) is 3.05. The zero-order valence-electron chi connectivity index (χ0n) is 22.6. The van der Waals surface area contributed by atoms with Crippen LogP contribution >= 0.6 is 0 Å². The van der Waals surface area contributed by atoms with Gasteiger partial charge in [-0.2, -0.15) is 0 Å². The van der Waals surface area contributed by atoms with Crippen LogP contribution in [0, 0.1) is 0 Å². The number of carbonyl (C=O) groups is 5. The Kier molecular flexibility index (Phi) is 7.16. The number of fused-ring (bicyclic) bond motifs is 2. The number of rotatable bonds is 6. The van der Waals surface area contributed by atoms with Crippen LogP contribution in [0.25, 0.3) is 0 Å². The van der Waals surface area contributed by atoms with Crippen LogP contribution in [0.5, 0.6) is 0 Å². The maximum absolute atomic E-state index is 14.1. The van der Waals surface area contributed by atoms with Crippen molar-refractivity contribution in [3.63, 3.8) is 0 Å². The van der Waals surface area contributed by atoms with Crippen LogP contribution in [-0.4, -0.2) is 29.3 Å². The van der Waals surface area contributed by atoms with Gasteiger partial charge in [-0.1, -0.05) is 78.9 Å². The summed E-state index contributed by atoms with van der Waals surface area (Å²) in [6, 6.07) is 32.8. The third-order valence-corrected chi connectivity index (χ3v) is 7.04. The molecule has 0 heterocycles. The lowest BCUT2D eigenvalue weighted by Crippen LogP contribution is -2.28. The van der Waals surface area contributed by atoms with E-state index in [1.54, 1.807) is 103 Å². The Balaban J connectivity index is 1.56. The third kappa shape index (κ3) is 5.20. The number of nitrogens with one attached hydrogen (secondary N) is 3. The van der Waals surface area contributed by atoms with Gasteiger partial charge in [-0.05, 0) is 42.5 Å². The number of ketones is 2. The Labute approximate surface area is 246 Å². The second-order valence-corrected chi connectivity index (χ2v) is 9.76. The molecule has 0 aromatic heterocycles. The van der Waals surface area contributed by atoms with Gasteiger partial charge in [0.15, 0.2) is 11.6 Å².